The number of thiocarbonyl (C=S) groups is 1. The average Bonchev–Trinajstić information content (AvgIpc) is 3.45. The molecule has 0 aliphatic carbocycles. The molecule has 0 radical (unpaired) electrons. The third-order valence-electron chi connectivity index (χ3n) is 5.13. The Bertz CT molecular complexity index is 1340. The van der Waals surface area contributed by atoms with Gasteiger partial charge in [0.2, 0.25) is 5.82 Å². The predicted octanol–water partition coefficient (Wildman–Crippen LogP) is 6.46. The molecule has 4 aromatic rings. The highest BCUT2D eigenvalue weighted by atomic mass is 35.5. The van der Waals surface area contributed by atoms with Gasteiger partial charge in [0.25, 0.3) is 5.89 Å². The van der Waals surface area contributed by atoms with Crippen molar-refractivity contribution >= 4 is 51.5 Å². The molecule has 5 rings (SSSR count). The van der Waals surface area contributed by atoms with Crippen LogP contribution < -0.4 is 10.2 Å². The van der Waals surface area contributed by atoms with E-state index in [1.165, 1.54) is 23.5 Å². The predicted molar refractivity (Wildman–Crippen MR) is 129 cm³/mol. The second-order valence-electron chi connectivity index (χ2n) is 7.15. The lowest BCUT2D eigenvalue weighted by Crippen LogP contribution is -2.46. The van der Waals surface area contributed by atoms with Crippen molar-refractivity contribution in [2.45, 2.75) is 13.0 Å². The van der Waals surface area contributed by atoms with Gasteiger partial charge in [-0.15, -0.1) is 11.3 Å². The molecular weight excluding hydrogens is 467 g/mol. The maximum absolute atomic E-state index is 14.1. The van der Waals surface area contributed by atoms with Crippen LogP contribution in [0, 0.1) is 5.82 Å². The molecule has 1 aliphatic rings. The van der Waals surface area contributed by atoms with Crippen molar-refractivity contribution in [1.29, 1.82) is 0 Å². The molecule has 0 amide bonds. The van der Waals surface area contributed by atoms with E-state index in [-0.39, 0.29) is 5.82 Å². The molecule has 2 aromatic heterocycles. The fraction of sp³-hybridized carbons (Fsp3) is 0.0870. The number of allylic oxidation sites excluding steroid dienone is 1. The molecule has 32 heavy (non-hydrogen) atoms. The molecule has 160 valence electrons. The van der Waals surface area contributed by atoms with Crippen molar-refractivity contribution in [2.75, 3.05) is 4.90 Å². The van der Waals surface area contributed by atoms with E-state index in [1.807, 2.05) is 53.6 Å². The van der Waals surface area contributed by atoms with Crippen LogP contribution in [0.5, 0.6) is 0 Å². The number of anilines is 1. The maximum Gasteiger partial charge on any atom is 0.258 e. The molecule has 1 unspecified atom stereocenters. The van der Waals surface area contributed by atoms with Gasteiger partial charge in [0, 0.05) is 16.4 Å². The highest BCUT2D eigenvalue weighted by Gasteiger charge is 2.35. The monoisotopic (exact) mass is 482 g/mol. The van der Waals surface area contributed by atoms with Crippen LogP contribution >= 0.6 is 35.2 Å². The quantitative estimate of drug-likeness (QED) is 0.337. The molecule has 0 saturated carbocycles. The van der Waals surface area contributed by atoms with Gasteiger partial charge >= 0.3 is 0 Å². The molecule has 0 fully saturated rings. The summed E-state index contributed by atoms with van der Waals surface area (Å²) < 4.78 is 19.8. The molecule has 1 aliphatic heterocycles. The van der Waals surface area contributed by atoms with Crippen LogP contribution in [0.2, 0.25) is 5.02 Å². The van der Waals surface area contributed by atoms with Crippen molar-refractivity contribution in [2.24, 2.45) is 0 Å². The van der Waals surface area contributed by atoms with Gasteiger partial charge in [-0.1, -0.05) is 41.0 Å². The van der Waals surface area contributed by atoms with Crippen molar-refractivity contribution in [3.8, 4) is 10.7 Å². The second-order valence-corrected chi connectivity index (χ2v) is 8.92. The van der Waals surface area contributed by atoms with Crippen LogP contribution in [-0.2, 0) is 0 Å². The summed E-state index contributed by atoms with van der Waals surface area (Å²) in [6.45, 7) is 1.92. The first-order chi connectivity index (χ1) is 15.5. The first kappa shape index (κ1) is 20.8. The van der Waals surface area contributed by atoms with Crippen molar-refractivity contribution in [3.05, 3.63) is 94.0 Å². The smallest absolute Gasteiger partial charge is 0.258 e. The lowest BCUT2D eigenvalue weighted by atomic mass is 9.94. The van der Waals surface area contributed by atoms with E-state index in [9.17, 15) is 4.39 Å². The Labute approximate surface area is 198 Å². The van der Waals surface area contributed by atoms with E-state index in [2.05, 4.69) is 15.5 Å². The van der Waals surface area contributed by atoms with E-state index in [1.54, 1.807) is 12.1 Å². The van der Waals surface area contributed by atoms with E-state index in [0.29, 0.717) is 33.0 Å². The summed E-state index contributed by atoms with van der Waals surface area (Å²) in [6, 6.07) is 17.1. The van der Waals surface area contributed by atoms with Crippen molar-refractivity contribution in [3.63, 3.8) is 0 Å². The molecular formula is C23H16ClFN4OS2. The van der Waals surface area contributed by atoms with Gasteiger partial charge in [0.1, 0.15) is 5.82 Å². The van der Waals surface area contributed by atoms with Gasteiger partial charge in [-0.05, 0) is 66.5 Å². The molecule has 5 nitrogen and oxygen atoms in total. The first-order valence-corrected chi connectivity index (χ1v) is 11.4. The molecule has 2 aromatic carbocycles. The number of rotatable bonds is 4. The molecule has 0 saturated heterocycles. The molecule has 0 spiro atoms. The summed E-state index contributed by atoms with van der Waals surface area (Å²) in [5, 5.41) is 10.5. The van der Waals surface area contributed by atoms with Gasteiger partial charge in [0.05, 0.1) is 16.5 Å². The Balaban J connectivity index is 1.68. The standard InChI is InChI=1S/C23H16ClFN4OS2/c1-13-19(22-27-21(28-30-22)18-9-4-10-32-18)20(14-5-2-7-16(25)11-14)26-23(31)29(13)17-8-3-6-15(24)12-17/h2-12,20H,1H3,(H,26,31). The number of hydrogen-bond acceptors (Lipinski definition) is 5. The third kappa shape index (κ3) is 3.81. The topological polar surface area (TPSA) is 54.2 Å². The van der Waals surface area contributed by atoms with Crippen LogP contribution in [0.1, 0.15) is 24.4 Å². The van der Waals surface area contributed by atoms with E-state index >= 15 is 0 Å². The van der Waals surface area contributed by atoms with Crippen LogP contribution in [-0.4, -0.2) is 15.3 Å². The molecule has 1 N–H and O–H groups in total. The van der Waals surface area contributed by atoms with Gasteiger partial charge in [-0.2, -0.15) is 4.98 Å². The van der Waals surface area contributed by atoms with Gasteiger partial charge < -0.3 is 9.84 Å². The van der Waals surface area contributed by atoms with Crippen LogP contribution in [0.4, 0.5) is 10.1 Å². The summed E-state index contributed by atoms with van der Waals surface area (Å²) in [4.78, 5) is 7.40. The number of thiophene rings is 1. The Hall–Kier alpha value is -3.07. The highest BCUT2D eigenvalue weighted by Crippen LogP contribution is 2.39. The lowest BCUT2D eigenvalue weighted by Gasteiger charge is -2.37. The minimum Gasteiger partial charge on any atom is -0.351 e. The second kappa shape index (κ2) is 8.46. The van der Waals surface area contributed by atoms with Gasteiger partial charge in [-0.3, -0.25) is 4.90 Å². The average molecular weight is 483 g/mol. The summed E-state index contributed by atoms with van der Waals surface area (Å²) >= 11 is 13.4. The number of hydrogen-bond donors (Lipinski definition) is 1. The normalized spacial score (nSPS) is 16.4. The Morgan fingerprint density at radius 3 is 2.75 bits per heavy atom. The highest BCUT2D eigenvalue weighted by molar-refractivity contribution is 7.80. The minimum absolute atomic E-state index is 0.335. The summed E-state index contributed by atoms with van der Waals surface area (Å²) in [7, 11) is 0. The zero-order valence-corrected chi connectivity index (χ0v) is 19.1. The Morgan fingerprint density at radius 2 is 2.00 bits per heavy atom. The Morgan fingerprint density at radius 1 is 1.16 bits per heavy atom. The van der Waals surface area contributed by atoms with Crippen LogP contribution in [0.3, 0.4) is 0 Å². The Kier molecular flexibility index (Phi) is 5.50. The SMILES string of the molecule is CC1=C(c2nc(-c3cccs3)no2)C(c2cccc(F)c2)NC(=S)N1c1cccc(Cl)c1. The maximum atomic E-state index is 14.1. The van der Waals surface area contributed by atoms with Crippen molar-refractivity contribution < 1.29 is 8.91 Å². The number of nitrogens with zero attached hydrogens (tertiary/aromatic N) is 3. The van der Waals surface area contributed by atoms with Crippen LogP contribution in [0.15, 0.2) is 76.3 Å². The summed E-state index contributed by atoms with van der Waals surface area (Å²) in [5.74, 6) is 0.493. The molecule has 0 bridgehead atoms. The van der Waals surface area contributed by atoms with E-state index < -0.39 is 6.04 Å². The van der Waals surface area contributed by atoms with Gasteiger partial charge in [0.15, 0.2) is 5.11 Å². The fourth-order valence-corrected chi connectivity index (χ4v) is 4.92. The van der Waals surface area contributed by atoms with E-state index in [4.69, 9.17) is 28.3 Å². The number of halogens is 2. The number of benzene rings is 2. The van der Waals surface area contributed by atoms with Crippen molar-refractivity contribution in [1.82, 2.24) is 15.5 Å². The number of aromatic nitrogens is 2. The lowest BCUT2D eigenvalue weighted by molar-refractivity contribution is 0.404. The zero-order valence-electron chi connectivity index (χ0n) is 16.8. The third-order valence-corrected chi connectivity index (χ3v) is 6.53. The van der Waals surface area contributed by atoms with Gasteiger partial charge in [-0.25, -0.2) is 4.39 Å². The zero-order chi connectivity index (χ0) is 22.2. The fourth-order valence-electron chi connectivity index (χ4n) is 3.72. The minimum atomic E-state index is -0.467. The van der Waals surface area contributed by atoms with E-state index in [0.717, 1.165) is 16.3 Å². The summed E-state index contributed by atoms with van der Waals surface area (Å²) in [5.41, 5.74) is 2.98. The molecule has 3 heterocycles. The van der Waals surface area contributed by atoms with Crippen LogP contribution in [0.25, 0.3) is 16.3 Å². The molecule has 1 atom stereocenters. The number of nitrogens with one attached hydrogen (secondary N) is 1. The first-order valence-electron chi connectivity index (χ1n) is 9.71. The largest absolute Gasteiger partial charge is 0.351 e. The molecule has 9 heteroatoms. The summed E-state index contributed by atoms with van der Waals surface area (Å²) in [6.07, 6.45) is 0.